The van der Waals surface area contributed by atoms with Crippen molar-refractivity contribution in [1.29, 1.82) is 0 Å². The van der Waals surface area contributed by atoms with E-state index in [9.17, 15) is 4.79 Å². The Morgan fingerprint density at radius 3 is 1.93 bits per heavy atom. The van der Waals surface area contributed by atoms with Gasteiger partial charge in [-0.05, 0) is 0 Å². The van der Waals surface area contributed by atoms with Crippen molar-refractivity contribution in [1.82, 2.24) is 0 Å². The zero-order valence-corrected chi connectivity index (χ0v) is 8.75. The fraction of sp³-hybridized carbons (Fsp3) is 0.0833. The van der Waals surface area contributed by atoms with Crippen LogP contribution in [0, 0.1) is 24.3 Å². The summed E-state index contributed by atoms with van der Waals surface area (Å²) in [5.74, 6) is -0.0394. The third-order valence-corrected chi connectivity index (χ3v) is 1.35. The van der Waals surface area contributed by atoms with Gasteiger partial charge in [0.25, 0.3) is 0 Å². The first-order valence-corrected chi connectivity index (χ1v) is 3.87. The van der Waals surface area contributed by atoms with E-state index in [1.807, 2.05) is 30.3 Å². The van der Waals surface area contributed by atoms with Gasteiger partial charge in [0.05, 0.1) is 0 Å². The van der Waals surface area contributed by atoms with Crippen molar-refractivity contribution in [2.24, 2.45) is 0 Å². The van der Waals surface area contributed by atoms with Crippen LogP contribution in [-0.4, -0.2) is 5.78 Å². The smallest absolute Gasteiger partial charge is 0 e. The van der Waals surface area contributed by atoms with E-state index in [0.29, 0.717) is 5.56 Å². The summed E-state index contributed by atoms with van der Waals surface area (Å²) in [5.41, 5.74) is 0.435. The van der Waals surface area contributed by atoms with Crippen LogP contribution in [0.15, 0.2) is 30.3 Å². The second-order valence-electron chi connectivity index (χ2n) is 2.39. The molecule has 2 aromatic carbocycles. The second-order valence-corrected chi connectivity index (χ2v) is 2.39. The van der Waals surface area contributed by atoms with Gasteiger partial charge >= 0.3 is 0 Å². The van der Waals surface area contributed by atoms with Crippen LogP contribution in [0.2, 0.25) is 0 Å². The molecular formula is C12H8FeO-6. The topological polar surface area (TPSA) is 17.1 Å². The fourth-order valence-electron chi connectivity index (χ4n) is 0.716. The maximum absolute atomic E-state index is 10.4. The van der Waals surface area contributed by atoms with Crippen molar-refractivity contribution < 1.29 is 21.9 Å². The van der Waals surface area contributed by atoms with Gasteiger partial charge in [0, 0.05) is 17.1 Å². The number of ketones is 1. The molecule has 0 saturated heterocycles. The van der Waals surface area contributed by atoms with Crippen molar-refractivity contribution in [3.8, 4) is 0 Å². The van der Waals surface area contributed by atoms with Crippen LogP contribution >= 0.6 is 0 Å². The SMILES string of the molecule is CC(=O)[c-]1[c-][c-][c-][c-]1.[Fe].c1cc[cH-]c1. The summed E-state index contributed by atoms with van der Waals surface area (Å²) in [6.45, 7) is 1.46. The first-order valence-electron chi connectivity index (χ1n) is 3.87. The van der Waals surface area contributed by atoms with Gasteiger partial charge in [0.1, 0.15) is 0 Å². The molecule has 0 spiro atoms. The first kappa shape index (κ1) is 12.9. The zero-order chi connectivity index (χ0) is 9.52. The van der Waals surface area contributed by atoms with Crippen LogP contribution in [-0.2, 0) is 17.1 Å². The number of carbonyl (C=O) groups is 1. The van der Waals surface area contributed by atoms with E-state index in [0.717, 1.165) is 0 Å². The molecule has 0 atom stereocenters. The third-order valence-electron chi connectivity index (χ3n) is 1.35. The van der Waals surface area contributed by atoms with Gasteiger partial charge in [0.2, 0.25) is 0 Å². The molecule has 2 rings (SSSR count). The molecular weight excluding hydrogens is 216 g/mol. The van der Waals surface area contributed by atoms with Gasteiger partial charge in [-0.1, -0.05) is 0 Å². The van der Waals surface area contributed by atoms with E-state index < -0.39 is 0 Å². The average Bonchev–Trinajstić information content (AvgIpc) is 2.82. The molecule has 0 aliphatic rings. The fourth-order valence-corrected chi connectivity index (χ4v) is 0.716. The molecule has 0 heterocycles. The van der Waals surface area contributed by atoms with Crippen molar-refractivity contribution >= 4 is 5.78 Å². The van der Waals surface area contributed by atoms with Crippen LogP contribution in [0.1, 0.15) is 17.3 Å². The van der Waals surface area contributed by atoms with Gasteiger partial charge in [-0.25, -0.2) is 12.1 Å². The van der Waals surface area contributed by atoms with Crippen molar-refractivity contribution in [3.05, 3.63) is 60.2 Å². The Balaban J connectivity index is 0.000000246. The number of hydrogen-bond acceptors (Lipinski definition) is 1. The number of hydrogen-bond donors (Lipinski definition) is 0. The molecule has 0 fully saturated rings. The summed E-state index contributed by atoms with van der Waals surface area (Å²) >= 11 is 0. The Morgan fingerprint density at radius 2 is 1.71 bits per heavy atom. The van der Waals surface area contributed by atoms with Crippen LogP contribution in [0.4, 0.5) is 0 Å². The Bertz CT molecular complexity index is 302. The van der Waals surface area contributed by atoms with Crippen LogP contribution in [0.3, 0.4) is 0 Å². The molecule has 1 nitrogen and oxygen atoms in total. The van der Waals surface area contributed by atoms with Gasteiger partial charge in [-0.3, -0.25) is 5.78 Å². The predicted molar refractivity (Wildman–Crippen MR) is 49.4 cm³/mol. The molecule has 0 amide bonds. The molecule has 0 aromatic heterocycles. The molecule has 0 N–H and O–H groups in total. The Labute approximate surface area is 95.0 Å². The van der Waals surface area contributed by atoms with Crippen molar-refractivity contribution in [2.45, 2.75) is 6.92 Å². The van der Waals surface area contributed by atoms with Crippen molar-refractivity contribution in [3.63, 3.8) is 0 Å². The second kappa shape index (κ2) is 7.31. The van der Waals surface area contributed by atoms with Gasteiger partial charge in [-0.15, -0.1) is 6.92 Å². The van der Waals surface area contributed by atoms with E-state index >= 15 is 0 Å². The Morgan fingerprint density at radius 1 is 1.21 bits per heavy atom. The number of rotatable bonds is 1. The monoisotopic (exact) mass is 224 g/mol. The van der Waals surface area contributed by atoms with Gasteiger partial charge < -0.3 is 34.6 Å². The summed E-state index contributed by atoms with van der Waals surface area (Å²) in [6, 6.07) is 20.1. The Hall–Kier alpha value is -1.11. The molecule has 0 bridgehead atoms. The van der Waals surface area contributed by atoms with E-state index in [1.54, 1.807) is 0 Å². The summed E-state index contributed by atoms with van der Waals surface area (Å²) in [5, 5.41) is 0. The summed E-state index contributed by atoms with van der Waals surface area (Å²) in [4.78, 5) is 10.4. The average molecular weight is 224 g/mol. The van der Waals surface area contributed by atoms with Gasteiger partial charge in [-0.2, -0.15) is 18.2 Å². The molecule has 0 aliphatic heterocycles. The van der Waals surface area contributed by atoms with E-state index in [1.165, 1.54) is 6.92 Å². The maximum Gasteiger partial charge on any atom is 0 e. The Kier molecular flexibility index (Phi) is 6.73. The molecule has 2 aromatic rings. The zero-order valence-electron chi connectivity index (χ0n) is 7.65. The normalized spacial score (nSPS) is 8.07. The van der Waals surface area contributed by atoms with Crippen LogP contribution in [0.25, 0.3) is 0 Å². The van der Waals surface area contributed by atoms with Crippen LogP contribution in [0.5, 0.6) is 0 Å². The summed E-state index contributed by atoms with van der Waals surface area (Å²) in [6.07, 6.45) is 0. The molecule has 14 heavy (non-hydrogen) atoms. The van der Waals surface area contributed by atoms with Crippen molar-refractivity contribution in [2.75, 3.05) is 0 Å². The molecule has 2 heteroatoms. The molecule has 0 unspecified atom stereocenters. The molecule has 0 radical (unpaired) electrons. The molecule has 76 valence electrons. The van der Waals surface area contributed by atoms with Crippen LogP contribution < -0.4 is 0 Å². The minimum atomic E-state index is -0.0394. The minimum absolute atomic E-state index is 0. The standard InChI is InChI=1S/C7H3O.C5H5.Fe/c1-6(8)7-4-2-3-5-7;1-2-4-5-3-1;/h1H3;1-5H;/q-5;-1;. The first-order chi connectivity index (χ1) is 6.30. The molecule has 0 saturated carbocycles. The molecule has 0 aliphatic carbocycles. The number of Topliss-reactive ketones (excluding diaryl/α,β-unsaturated/α-hetero) is 1. The van der Waals surface area contributed by atoms with E-state index in [4.69, 9.17) is 0 Å². The van der Waals surface area contributed by atoms with E-state index in [2.05, 4.69) is 24.3 Å². The van der Waals surface area contributed by atoms with Gasteiger partial charge in [0.15, 0.2) is 0 Å². The maximum atomic E-state index is 10.4. The quantitative estimate of drug-likeness (QED) is 0.412. The predicted octanol–water partition coefficient (Wildman–Crippen LogP) is 2.21. The van der Waals surface area contributed by atoms with E-state index in [-0.39, 0.29) is 22.9 Å². The summed E-state index contributed by atoms with van der Waals surface area (Å²) < 4.78 is 0. The number of carbonyl (C=O) groups excluding carboxylic acids is 1. The minimum Gasteiger partial charge on any atom is -0.886 e. The summed E-state index contributed by atoms with van der Waals surface area (Å²) in [7, 11) is 0. The third kappa shape index (κ3) is 4.80. The largest absolute Gasteiger partial charge is 0.886 e.